The lowest BCUT2D eigenvalue weighted by Gasteiger charge is -2.21. The van der Waals surface area contributed by atoms with Gasteiger partial charge in [0.1, 0.15) is 4.90 Å². The normalized spacial score (nSPS) is 14.3. The first-order valence-electron chi connectivity index (χ1n) is 10.3. The van der Waals surface area contributed by atoms with Crippen LogP contribution in [0.25, 0.3) is 0 Å². The van der Waals surface area contributed by atoms with Gasteiger partial charge in [0, 0.05) is 44.0 Å². The van der Waals surface area contributed by atoms with Gasteiger partial charge in [-0.05, 0) is 42.7 Å². The molecule has 0 spiro atoms. The van der Waals surface area contributed by atoms with Crippen LogP contribution in [-0.4, -0.2) is 44.8 Å². The maximum absolute atomic E-state index is 12.9. The van der Waals surface area contributed by atoms with Gasteiger partial charge in [0.05, 0.1) is 5.02 Å². The minimum Gasteiger partial charge on any atom is -0.371 e. The molecule has 0 aliphatic carbocycles. The van der Waals surface area contributed by atoms with E-state index in [1.165, 1.54) is 29.3 Å². The number of benzene rings is 2. The lowest BCUT2D eigenvalue weighted by molar-refractivity contribution is 0.0950. The summed E-state index contributed by atoms with van der Waals surface area (Å²) in [6, 6.07) is 12.4. The molecule has 6 nitrogen and oxygen atoms in total. The molecule has 0 aromatic heterocycles. The van der Waals surface area contributed by atoms with Crippen molar-refractivity contribution in [2.45, 2.75) is 38.1 Å². The molecule has 30 heavy (non-hydrogen) atoms. The zero-order chi connectivity index (χ0) is 21.7. The molecule has 1 N–H and O–H groups in total. The van der Waals surface area contributed by atoms with E-state index < -0.39 is 10.0 Å². The van der Waals surface area contributed by atoms with Crippen molar-refractivity contribution in [3.8, 4) is 0 Å². The second-order valence-corrected chi connectivity index (χ2v) is 9.55. The molecular formula is C22H28ClN3O3S. The molecule has 0 atom stereocenters. The fourth-order valence-electron chi connectivity index (χ4n) is 3.75. The van der Waals surface area contributed by atoms with Crippen LogP contribution in [0, 0.1) is 0 Å². The van der Waals surface area contributed by atoms with Crippen LogP contribution in [-0.2, 0) is 16.6 Å². The highest BCUT2D eigenvalue weighted by molar-refractivity contribution is 7.89. The molecule has 1 fully saturated rings. The Kier molecular flexibility index (Phi) is 7.39. The van der Waals surface area contributed by atoms with Crippen LogP contribution in [0.1, 0.15) is 42.6 Å². The van der Waals surface area contributed by atoms with Gasteiger partial charge in [-0.3, -0.25) is 4.79 Å². The van der Waals surface area contributed by atoms with E-state index in [0.29, 0.717) is 19.6 Å². The van der Waals surface area contributed by atoms with Crippen LogP contribution in [0.2, 0.25) is 5.02 Å². The summed E-state index contributed by atoms with van der Waals surface area (Å²) in [5.41, 5.74) is 2.44. The number of anilines is 1. The quantitative estimate of drug-likeness (QED) is 0.663. The Morgan fingerprint density at radius 2 is 1.77 bits per heavy atom. The highest BCUT2D eigenvalue weighted by Gasteiger charge is 2.25. The minimum atomic E-state index is -3.76. The highest BCUT2D eigenvalue weighted by Crippen LogP contribution is 2.27. The van der Waals surface area contributed by atoms with Gasteiger partial charge in [0.2, 0.25) is 10.0 Å². The zero-order valence-corrected chi connectivity index (χ0v) is 19.0. The summed E-state index contributed by atoms with van der Waals surface area (Å²) < 4.78 is 27.1. The topological polar surface area (TPSA) is 69.7 Å². The third-order valence-corrected chi connectivity index (χ3v) is 7.93. The van der Waals surface area contributed by atoms with E-state index in [0.717, 1.165) is 24.3 Å². The van der Waals surface area contributed by atoms with Gasteiger partial charge in [-0.1, -0.05) is 43.6 Å². The third-order valence-electron chi connectivity index (χ3n) is 5.39. The van der Waals surface area contributed by atoms with Crippen molar-refractivity contribution >= 4 is 33.2 Å². The van der Waals surface area contributed by atoms with Crippen molar-refractivity contribution in [2.75, 3.05) is 31.1 Å². The fourth-order valence-corrected chi connectivity index (χ4v) is 5.71. The first-order chi connectivity index (χ1) is 14.4. The van der Waals surface area contributed by atoms with Crippen LogP contribution in [0.3, 0.4) is 0 Å². The van der Waals surface area contributed by atoms with E-state index in [2.05, 4.69) is 16.3 Å². The molecule has 162 valence electrons. The molecule has 1 aliphatic rings. The maximum atomic E-state index is 12.9. The molecule has 8 heteroatoms. The number of nitrogens with one attached hydrogen (secondary N) is 1. The molecule has 0 bridgehead atoms. The Morgan fingerprint density at radius 1 is 1.10 bits per heavy atom. The Labute approximate surface area is 183 Å². The van der Waals surface area contributed by atoms with E-state index in [9.17, 15) is 13.2 Å². The average molecular weight is 450 g/mol. The number of carbonyl (C=O) groups is 1. The number of para-hydroxylation sites is 1. The standard InChI is InChI=1S/C22H28ClN3O3S/c1-3-26(4-2)30(28,29)21-15-17(11-12-19(21)23)22(27)24-16-18-9-5-6-10-20(18)25-13-7-8-14-25/h5-6,9-12,15H,3-4,7-8,13-14,16H2,1-2H3,(H,24,27). The number of carbonyl (C=O) groups excluding carboxylic acids is 1. The molecular weight excluding hydrogens is 422 g/mol. The number of amides is 1. The zero-order valence-electron chi connectivity index (χ0n) is 17.4. The Balaban J connectivity index is 1.79. The number of nitrogens with zero attached hydrogens (tertiary/aromatic N) is 2. The molecule has 1 amide bonds. The van der Waals surface area contributed by atoms with Crippen LogP contribution in [0.4, 0.5) is 5.69 Å². The van der Waals surface area contributed by atoms with Gasteiger partial charge in [-0.25, -0.2) is 8.42 Å². The van der Waals surface area contributed by atoms with Crippen LogP contribution in [0.5, 0.6) is 0 Å². The van der Waals surface area contributed by atoms with Crippen molar-refractivity contribution in [1.29, 1.82) is 0 Å². The van der Waals surface area contributed by atoms with Crippen molar-refractivity contribution in [2.24, 2.45) is 0 Å². The second-order valence-electron chi connectivity index (χ2n) is 7.24. The van der Waals surface area contributed by atoms with Gasteiger partial charge >= 0.3 is 0 Å². The number of hydrogen-bond donors (Lipinski definition) is 1. The number of rotatable bonds is 8. The summed E-state index contributed by atoms with van der Waals surface area (Å²) in [5.74, 6) is -0.334. The van der Waals surface area contributed by atoms with Gasteiger partial charge in [0.15, 0.2) is 0 Å². The summed E-state index contributed by atoms with van der Waals surface area (Å²) in [6.45, 7) is 6.61. The molecule has 0 unspecified atom stereocenters. The largest absolute Gasteiger partial charge is 0.371 e. The monoisotopic (exact) mass is 449 g/mol. The van der Waals surface area contributed by atoms with Crippen molar-refractivity contribution in [1.82, 2.24) is 9.62 Å². The molecule has 2 aromatic carbocycles. The smallest absolute Gasteiger partial charge is 0.251 e. The number of hydrogen-bond acceptors (Lipinski definition) is 4. The van der Waals surface area contributed by atoms with Crippen molar-refractivity contribution in [3.05, 3.63) is 58.6 Å². The molecule has 2 aromatic rings. The Bertz CT molecular complexity index is 1000. The molecule has 1 aliphatic heterocycles. The fraction of sp³-hybridized carbons (Fsp3) is 0.409. The maximum Gasteiger partial charge on any atom is 0.251 e. The van der Waals surface area contributed by atoms with Crippen LogP contribution < -0.4 is 10.2 Å². The summed E-state index contributed by atoms with van der Waals surface area (Å²) in [5, 5.41) is 3.03. The third kappa shape index (κ3) is 4.79. The lowest BCUT2D eigenvalue weighted by atomic mass is 10.1. The molecule has 0 radical (unpaired) electrons. The first kappa shape index (κ1) is 22.6. The number of halogens is 1. The van der Waals surface area contributed by atoms with Crippen LogP contribution >= 0.6 is 11.6 Å². The summed E-state index contributed by atoms with van der Waals surface area (Å²) in [6.07, 6.45) is 2.35. The summed E-state index contributed by atoms with van der Waals surface area (Å²) in [7, 11) is -3.76. The van der Waals surface area contributed by atoms with Crippen molar-refractivity contribution in [3.63, 3.8) is 0 Å². The average Bonchev–Trinajstić information content (AvgIpc) is 3.28. The highest BCUT2D eigenvalue weighted by atomic mass is 35.5. The van der Waals surface area contributed by atoms with Gasteiger partial charge < -0.3 is 10.2 Å². The van der Waals surface area contributed by atoms with Gasteiger partial charge in [-0.15, -0.1) is 0 Å². The molecule has 0 saturated carbocycles. The Hall–Kier alpha value is -2.09. The van der Waals surface area contributed by atoms with E-state index in [1.54, 1.807) is 19.9 Å². The SMILES string of the molecule is CCN(CC)S(=O)(=O)c1cc(C(=O)NCc2ccccc2N2CCCC2)ccc1Cl. The van der Waals surface area contributed by atoms with E-state index in [-0.39, 0.29) is 21.4 Å². The van der Waals surface area contributed by atoms with Crippen LogP contribution in [0.15, 0.2) is 47.4 Å². The molecule has 1 heterocycles. The first-order valence-corrected chi connectivity index (χ1v) is 12.1. The predicted molar refractivity (Wildman–Crippen MR) is 121 cm³/mol. The van der Waals surface area contributed by atoms with E-state index >= 15 is 0 Å². The summed E-state index contributed by atoms with van der Waals surface area (Å²) >= 11 is 6.17. The minimum absolute atomic E-state index is 0.0435. The summed E-state index contributed by atoms with van der Waals surface area (Å²) in [4.78, 5) is 15.1. The predicted octanol–water partition coefficient (Wildman–Crippen LogP) is 3.90. The van der Waals surface area contributed by atoms with Gasteiger partial charge in [0.25, 0.3) is 5.91 Å². The van der Waals surface area contributed by atoms with Crippen molar-refractivity contribution < 1.29 is 13.2 Å². The molecule has 3 rings (SSSR count). The van der Waals surface area contributed by atoms with E-state index in [1.807, 2.05) is 18.2 Å². The van der Waals surface area contributed by atoms with E-state index in [4.69, 9.17) is 11.6 Å². The lowest BCUT2D eigenvalue weighted by Crippen LogP contribution is -2.31. The molecule has 1 saturated heterocycles. The number of sulfonamides is 1. The second kappa shape index (κ2) is 9.81. The Morgan fingerprint density at radius 3 is 2.43 bits per heavy atom. The van der Waals surface area contributed by atoms with Gasteiger partial charge in [-0.2, -0.15) is 4.31 Å².